The van der Waals surface area contributed by atoms with Crippen molar-refractivity contribution >= 4 is 64.2 Å². The number of aromatic nitrogens is 2. The maximum atomic E-state index is 15.4. The number of amides is 7. The average Bonchev–Trinajstić information content (AvgIpc) is 2.17. The molecule has 0 saturated heterocycles. The van der Waals surface area contributed by atoms with Gasteiger partial charge in [-0.25, -0.2) is 4.79 Å². The van der Waals surface area contributed by atoms with Crippen LogP contribution >= 0.6 is 11.6 Å². The molecular formula is C64H80ClN12O7+. The Bertz CT molecular complexity index is 3450. The van der Waals surface area contributed by atoms with E-state index in [2.05, 4.69) is 58.9 Å². The Kier molecular flexibility index (Phi) is 20.9. The van der Waals surface area contributed by atoms with Crippen LogP contribution in [0.4, 0.5) is 21.9 Å². The number of phenolic OH excluding ortho intramolecular Hbond substituents is 1. The lowest BCUT2D eigenvalue weighted by Crippen LogP contribution is -2.54. The first-order valence-corrected chi connectivity index (χ1v) is 28.9. The molecular weight excluding hydrogens is 1080 g/mol. The highest BCUT2D eigenvalue weighted by atomic mass is 35.5. The summed E-state index contributed by atoms with van der Waals surface area (Å²) in [5.41, 5.74) is 14.9. The topological polar surface area (TPSA) is 249 Å². The number of nitrogens with one attached hydrogen (secondary N) is 5. The van der Waals surface area contributed by atoms with E-state index >= 15 is 9.59 Å². The predicted molar refractivity (Wildman–Crippen MR) is 327 cm³/mol. The lowest BCUT2D eigenvalue weighted by Gasteiger charge is -2.38. The van der Waals surface area contributed by atoms with E-state index in [1.54, 1.807) is 65.9 Å². The fourth-order valence-corrected chi connectivity index (χ4v) is 11.2. The summed E-state index contributed by atoms with van der Waals surface area (Å²) in [6.45, 7) is 11.6. The molecule has 0 spiro atoms. The van der Waals surface area contributed by atoms with Crippen LogP contribution in [0.25, 0.3) is 11.3 Å². The zero-order valence-electron chi connectivity index (χ0n) is 49.9. The Morgan fingerprint density at radius 1 is 0.857 bits per heavy atom. The van der Waals surface area contributed by atoms with Gasteiger partial charge in [0.2, 0.25) is 17.7 Å². The quantitative estimate of drug-likeness (QED) is 0.0226. The third kappa shape index (κ3) is 15.0. The number of fused-ring (bicyclic) bond motifs is 1. The molecule has 19 nitrogen and oxygen atoms in total. The SMILES string of the molecule is CCC(=O)N[C@@H](C(=O)N[C@H](CCCNC(N)=O)C(=O)Nc1ccc(C[N+](C)(C)CCC[C@@H]2Cc3ccccc3CN2C(=O)c2ccc(Cl)cc2-c2cc(C(=O)N(c3ccc(O)cc3)c3cc(C#N)n(C)c3C)c(C)n2C)c(CNC)c1)C(C)C. The molecule has 0 bridgehead atoms. The second-order valence-corrected chi connectivity index (χ2v) is 23.2. The largest absolute Gasteiger partial charge is 0.508 e. The molecule has 1 aliphatic rings. The fraction of sp³-hybridized carbons (Fsp3) is 0.391. The van der Waals surface area contributed by atoms with Crippen molar-refractivity contribution in [2.24, 2.45) is 25.7 Å². The number of phenols is 1. The van der Waals surface area contributed by atoms with Crippen LogP contribution in [0.5, 0.6) is 5.75 Å². The molecule has 4 aromatic carbocycles. The van der Waals surface area contributed by atoms with Crippen molar-refractivity contribution in [3.8, 4) is 23.1 Å². The Hall–Kier alpha value is -8.44. The molecule has 7 amide bonds. The number of primary amides is 1. The molecule has 3 heterocycles. The molecule has 3 atom stereocenters. The summed E-state index contributed by atoms with van der Waals surface area (Å²) in [4.78, 5) is 85.2. The van der Waals surface area contributed by atoms with Crippen molar-refractivity contribution in [3.05, 3.63) is 153 Å². The molecule has 0 saturated carbocycles. The Labute approximate surface area is 497 Å². The lowest BCUT2D eigenvalue weighted by molar-refractivity contribution is -0.903. The number of benzene rings is 4. The van der Waals surface area contributed by atoms with Crippen LogP contribution < -0.4 is 37.2 Å². The molecule has 0 aliphatic carbocycles. The monoisotopic (exact) mass is 1160 g/mol. The summed E-state index contributed by atoms with van der Waals surface area (Å²) >= 11 is 6.78. The van der Waals surface area contributed by atoms with Crippen LogP contribution in [0, 0.1) is 31.1 Å². The Morgan fingerprint density at radius 3 is 2.23 bits per heavy atom. The summed E-state index contributed by atoms with van der Waals surface area (Å²) < 4.78 is 4.25. The van der Waals surface area contributed by atoms with Crippen LogP contribution in [0.2, 0.25) is 5.02 Å². The number of rotatable bonds is 24. The normalized spacial score (nSPS) is 13.8. The van der Waals surface area contributed by atoms with Gasteiger partial charge in [0, 0.05) is 96.4 Å². The fourth-order valence-electron chi connectivity index (χ4n) is 11.0. The second kappa shape index (κ2) is 27.8. The zero-order chi connectivity index (χ0) is 61.2. The van der Waals surface area contributed by atoms with E-state index in [-0.39, 0.29) is 54.8 Å². The molecule has 0 radical (unpaired) electrons. The average molecular weight is 1160 g/mol. The first-order valence-electron chi connectivity index (χ1n) is 28.5. The summed E-state index contributed by atoms with van der Waals surface area (Å²) in [7, 11) is 9.85. The van der Waals surface area contributed by atoms with E-state index in [4.69, 9.17) is 17.3 Å². The van der Waals surface area contributed by atoms with Gasteiger partial charge in [0.05, 0.1) is 31.9 Å². The highest BCUT2D eigenvalue weighted by Gasteiger charge is 2.35. The maximum Gasteiger partial charge on any atom is 0.312 e. The number of anilines is 3. The number of nitrogens with two attached hydrogens (primary N) is 1. The number of hydrogen-bond acceptors (Lipinski definition) is 9. The summed E-state index contributed by atoms with van der Waals surface area (Å²) in [5, 5.41) is 35.0. The second-order valence-electron chi connectivity index (χ2n) is 22.8. The van der Waals surface area contributed by atoms with E-state index in [0.717, 1.165) is 36.1 Å². The number of hydrogen-bond donors (Lipinski definition) is 7. The van der Waals surface area contributed by atoms with Gasteiger partial charge in [-0.05, 0) is 142 Å². The number of urea groups is 1. The van der Waals surface area contributed by atoms with Crippen LogP contribution in [-0.2, 0) is 54.5 Å². The summed E-state index contributed by atoms with van der Waals surface area (Å²) in [6.07, 6.45) is 2.94. The third-order valence-electron chi connectivity index (χ3n) is 16.0. The molecule has 7 rings (SSSR count). The van der Waals surface area contributed by atoms with Gasteiger partial charge < -0.3 is 55.9 Å². The van der Waals surface area contributed by atoms with Gasteiger partial charge in [0.25, 0.3) is 11.8 Å². The highest BCUT2D eigenvalue weighted by Crippen LogP contribution is 2.38. The minimum absolute atomic E-state index is 0.0392. The van der Waals surface area contributed by atoms with Gasteiger partial charge in [-0.3, -0.25) is 28.9 Å². The predicted octanol–water partition coefficient (Wildman–Crippen LogP) is 8.62. The molecule has 20 heteroatoms. The summed E-state index contributed by atoms with van der Waals surface area (Å²) in [5.74, 6) is -1.94. The number of quaternary nitrogens is 1. The summed E-state index contributed by atoms with van der Waals surface area (Å²) in [6, 6.07) is 28.6. The number of nitrogens with zero attached hydrogens (tertiary/aromatic N) is 6. The van der Waals surface area contributed by atoms with E-state index in [9.17, 15) is 29.5 Å². The lowest BCUT2D eigenvalue weighted by atomic mass is 9.90. The molecule has 0 unspecified atom stereocenters. The van der Waals surface area contributed by atoms with Gasteiger partial charge in [-0.1, -0.05) is 62.7 Å². The molecule has 444 valence electrons. The number of carbonyl (C=O) groups excluding carboxylic acids is 6. The van der Waals surface area contributed by atoms with Crippen molar-refractivity contribution in [1.29, 1.82) is 5.26 Å². The van der Waals surface area contributed by atoms with Crippen molar-refractivity contribution < 1.29 is 38.4 Å². The van der Waals surface area contributed by atoms with E-state index < -0.39 is 29.9 Å². The van der Waals surface area contributed by atoms with E-state index in [1.165, 1.54) is 17.7 Å². The Morgan fingerprint density at radius 2 is 1.57 bits per heavy atom. The van der Waals surface area contributed by atoms with Gasteiger partial charge in [-0.2, -0.15) is 5.26 Å². The molecule has 2 aromatic heterocycles. The number of carbonyl (C=O) groups is 6. The molecule has 8 N–H and O–H groups in total. The van der Waals surface area contributed by atoms with Crippen molar-refractivity contribution in [2.75, 3.05) is 44.4 Å². The van der Waals surface area contributed by atoms with Gasteiger partial charge in [0.1, 0.15) is 36.1 Å². The van der Waals surface area contributed by atoms with Crippen LogP contribution in [0.3, 0.4) is 0 Å². The first kappa shape index (κ1) is 63.1. The van der Waals surface area contributed by atoms with E-state index in [0.29, 0.717) is 98.5 Å². The third-order valence-corrected chi connectivity index (χ3v) is 16.2. The number of aromatic hydroxyl groups is 1. The zero-order valence-corrected chi connectivity index (χ0v) is 50.6. The van der Waals surface area contributed by atoms with Crippen LogP contribution in [0.15, 0.2) is 97.1 Å². The molecule has 84 heavy (non-hydrogen) atoms. The number of halogens is 1. The standard InChI is InChI=1S/C64H79ClN12O7/c1-11-58(79)72-59(39(2)3)61(81)71-55(19-14-28-69-64(67)84)60(80)70-47-22-20-44(45(30-47)36-68-6)38-77(9,10)29-15-18-49-31-42-16-12-13-17-43(42)37-75(49)62(82)52-27-21-46(65)32-54(52)57-34-53(40(4)74(57)8)63(83)76(48-23-25-51(78)26-24-48)56-33-50(35-66)73(7)41(56)5/h12-13,16-17,20-27,30,32-34,39,49,55,59,68H,11,14-15,18-19,28-29,31,36-38H2,1-10H3,(H6-,67,69,70,71,72,78,79,80,81,84)/p+1/t49-,55-,59-/m1/s1. The molecule has 0 fully saturated rings. The van der Waals surface area contributed by atoms with Crippen molar-refractivity contribution in [2.45, 2.75) is 111 Å². The highest BCUT2D eigenvalue weighted by molar-refractivity contribution is 6.31. The van der Waals surface area contributed by atoms with E-state index in [1.807, 2.05) is 81.6 Å². The number of nitriles is 1. The van der Waals surface area contributed by atoms with Crippen molar-refractivity contribution in [1.82, 2.24) is 35.3 Å². The van der Waals surface area contributed by atoms with Crippen molar-refractivity contribution in [3.63, 3.8) is 0 Å². The van der Waals surface area contributed by atoms with Gasteiger partial charge in [0.15, 0.2) is 0 Å². The maximum absolute atomic E-state index is 15.4. The smallest absolute Gasteiger partial charge is 0.312 e. The molecule has 6 aromatic rings. The molecule has 1 aliphatic heterocycles. The first-order chi connectivity index (χ1) is 39.9. The minimum Gasteiger partial charge on any atom is -0.508 e. The minimum atomic E-state index is -0.979. The van der Waals surface area contributed by atoms with Crippen LogP contribution in [-0.4, -0.2) is 112 Å². The van der Waals surface area contributed by atoms with Gasteiger partial charge >= 0.3 is 6.03 Å². The van der Waals surface area contributed by atoms with Crippen LogP contribution in [0.1, 0.15) is 113 Å². The Balaban J connectivity index is 1.10. The van der Waals surface area contributed by atoms with Gasteiger partial charge in [-0.15, -0.1) is 0 Å².